The van der Waals surface area contributed by atoms with Crippen LogP contribution in [0.25, 0.3) is 10.9 Å². The molecule has 0 aliphatic carbocycles. The summed E-state index contributed by atoms with van der Waals surface area (Å²) in [6.07, 6.45) is 2.62. The molecule has 0 saturated carbocycles. The highest BCUT2D eigenvalue weighted by Crippen LogP contribution is 2.30. The van der Waals surface area contributed by atoms with E-state index in [0.29, 0.717) is 23.4 Å². The summed E-state index contributed by atoms with van der Waals surface area (Å²) in [6, 6.07) is 7.28. The van der Waals surface area contributed by atoms with E-state index in [-0.39, 0.29) is 0 Å². The second kappa shape index (κ2) is 4.03. The van der Waals surface area contributed by atoms with Crippen LogP contribution in [0.15, 0.2) is 35.4 Å². The lowest BCUT2D eigenvalue weighted by Crippen LogP contribution is -2.42. The molecule has 1 aliphatic heterocycles. The van der Waals surface area contributed by atoms with Gasteiger partial charge in [-0.25, -0.2) is 8.42 Å². The van der Waals surface area contributed by atoms with Gasteiger partial charge in [0, 0.05) is 24.7 Å². The summed E-state index contributed by atoms with van der Waals surface area (Å²) in [4.78, 5) is 4.63. The number of pyridine rings is 1. The highest BCUT2D eigenvalue weighted by molar-refractivity contribution is 7.89. The maximum absolute atomic E-state index is 12.5. The Morgan fingerprint density at radius 2 is 2.00 bits per heavy atom. The Morgan fingerprint density at radius 3 is 2.67 bits per heavy atom. The topological polar surface area (TPSA) is 50.3 Å². The Bertz CT molecular complexity index is 706. The van der Waals surface area contributed by atoms with Crippen molar-refractivity contribution in [3.8, 4) is 0 Å². The van der Waals surface area contributed by atoms with E-state index in [9.17, 15) is 8.42 Å². The van der Waals surface area contributed by atoms with Gasteiger partial charge >= 0.3 is 0 Å². The summed E-state index contributed by atoms with van der Waals surface area (Å²) in [7, 11) is -3.37. The smallest absolute Gasteiger partial charge is 0.244 e. The predicted molar refractivity (Wildman–Crippen MR) is 69.9 cm³/mol. The van der Waals surface area contributed by atoms with Gasteiger partial charge < -0.3 is 0 Å². The standard InChI is InChI=1S/C13H14N2O2S/c1-10-5-6-12-11(4-2-7-14-12)13(10)18(16,17)15-8-3-9-15/h2,4-7H,3,8-9H2,1H3. The van der Waals surface area contributed by atoms with Gasteiger partial charge in [-0.2, -0.15) is 4.31 Å². The Kier molecular flexibility index (Phi) is 2.60. The van der Waals surface area contributed by atoms with Crippen molar-refractivity contribution in [1.82, 2.24) is 9.29 Å². The van der Waals surface area contributed by atoms with E-state index >= 15 is 0 Å². The lowest BCUT2D eigenvalue weighted by atomic mass is 10.1. The number of rotatable bonds is 2. The van der Waals surface area contributed by atoms with Crippen LogP contribution >= 0.6 is 0 Å². The zero-order valence-electron chi connectivity index (χ0n) is 10.1. The monoisotopic (exact) mass is 262 g/mol. The third-order valence-electron chi connectivity index (χ3n) is 3.35. The fraction of sp³-hybridized carbons (Fsp3) is 0.308. The molecule has 18 heavy (non-hydrogen) atoms. The van der Waals surface area contributed by atoms with Crippen LogP contribution in [0.1, 0.15) is 12.0 Å². The molecule has 3 rings (SSSR count). The normalized spacial score (nSPS) is 16.7. The minimum Gasteiger partial charge on any atom is -0.256 e. The van der Waals surface area contributed by atoms with Crippen molar-refractivity contribution >= 4 is 20.9 Å². The van der Waals surface area contributed by atoms with Crippen molar-refractivity contribution in [2.45, 2.75) is 18.2 Å². The van der Waals surface area contributed by atoms with Crippen molar-refractivity contribution in [2.24, 2.45) is 0 Å². The fourth-order valence-corrected chi connectivity index (χ4v) is 4.16. The summed E-state index contributed by atoms with van der Waals surface area (Å²) in [5.74, 6) is 0. The minimum absolute atomic E-state index is 0.410. The van der Waals surface area contributed by atoms with Crippen LogP contribution in [0.4, 0.5) is 0 Å². The summed E-state index contributed by atoms with van der Waals surface area (Å²) in [5, 5.41) is 0.712. The van der Waals surface area contributed by atoms with Gasteiger partial charge in [0.25, 0.3) is 0 Å². The van der Waals surface area contributed by atoms with E-state index in [1.165, 1.54) is 4.31 Å². The Morgan fingerprint density at radius 1 is 1.22 bits per heavy atom. The van der Waals surface area contributed by atoms with E-state index in [2.05, 4.69) is 4.98 Å². The fourth-order valence-electron chi connectivity index (χ4n) is 2.23. The summed E-state index contributed by atoms with van der Waals surface area (Å²) < 4.78 is 26.6. The van der Waals surface area contributed by atoms with Crippen LogP contribution in [0, 0.1) is 6.92 Å². The van der Waals surface area contributed by atoms with Crippen molar-refractivity contribution in [2.75, 3.05) is 13.1 Å². The molecule has 0 radical (unpaired) electrons. The number of sulfonamides is 1. The molecule has 94 valence electrons. The second-order valence-electron chi connectivity index (χ2n) is 4.54. The average Bonchev–Trinajstić information content (AvgIpc) is 2.25. The first-order valence-electron chi connectivity index (χ1n) is 5.95. The molecule has 1 aliphatic rings. The molecule has 2 aromatic rings. The van der Waals surface area contributed by atoms with Crippen molar-refractivity contribution in [1.29, 1.82) is 0 Å². The number of hydrogen-bond donors (Lipinski definition) is 0. The Labute approximate surface area is 106 Å². The molecule has 1 aromatic heterocycles. The molecule has 0 bridgehead atoms. The molecule has 0 unspecified atom stereocenters. The molecule has 1 saturated heterocycles. The first kappa shape index (κ1) is 11.6. The molecule has 4 nitrogen and oxygen atoms in total. The van der Waals surface area contributed by atoms with E-state index in [4.69, 9.17) is 0 Å². The maximum Gasteiger partial charge on any atom is 0.244 e. The molecular weight excluding hydrogens is 248 g/mol. The minimum atomic E-state index is -3.37. The predicted octanol–water partition coefficient (Wildman–Crippen LogP) is 1.94. The van der Waals surface area contributed by atoms with Gasteiger partial charge in [0.15, 0.2) is 0 Å². The lowest BCUT2D eigenvalue weighted by Gasteiger charge is -2.30. The molecule has 0 N–H and O–H groups in total. The largest absolute Gasteiger partial charge is 0.256 e. The van der Waals surface area contributed by atoms with Crippen LogP contribution < -0.4 is 0 Å². The molecule has 0 amide bonds. The molecular formula is C13H14N2O2S. The number of aryl methyl sites for hydroxylation is 1. The zero-order chi connectivity index (χ0) is 12.8. The van der Waals surface area contributed by atoms with Gasteiger partial charge in [-0.3, -0.25) is 4.98 Å². The van der Waals surface area contributed by atoms with Crippen LogP contribution in [0.3, 0.4) is 0 Å². The second-order valence-corrected chi connectivity index (χ2v) is 6.41. The van der Waals surface area contributed by atoms with Crippen LogP contribution in [0.5, 0.6) is 0 Å². The van der Waals surface area contributed by atoms with Crippen LogP contribution in [-0.4, -0.2) is 30.8 Å². The zero-order valence-corrected chi connectivity index (χ0v) is 10.9. The number of benzene rings is 1. The molecule has 1 fully saturated rings. The van der Waals surface area contributed by atoms with Gasteiger partial charge in [0.2, 0.25) is 10.0 Å². The number of nitrogens with zero attached hydrogens (tertiary/aromatic N) is 2. The summed E-state index contributed by atoms with van der Waals surface area (Å²) >= 11 is 0. The summed E-state index contributed by atoms with van der Waals surface area (Å²) in [6.45, 7) is 3.08. The first-order chi connectivity index (χ1) is 8.60. The third-order valence-corrected chi connectivity index (χ3v) is 5.45. The quantitative estimate of drug-likeness (QED) is 0.831. The average molecular weight is 262 g/mol. The van der Waals surface area contributed by atoms with Gasteiger partial charge in [-0.15, -0.1) is 0 Å². The van der Waals surface area contributed by atoms with E-state index in [1.54, 1.807) is 12.3 Å². The molecule has 2 heterocycles. The molecule has 0 spiro atoms. The van der Waals surface area contributed by atoms with E-state index in [0.717, 1.165) is 17.5 Å². The summed E-state index contributed by atoms with van der Waals surface area (Å²) in [5.41, 5.74) is 1.50. The van der Waals surface area contributed by atoms with E-state index < -0.39 is 10.0 Å². The van der Waals surface area contributed by atoms with E-state index in [1.807, 2.05) is 25.1 Å². The van der Waals surface area contributed by atoms with Gasteiger partial charge in [-0.05, 0) is 37.1 Å². The van der Waals surface area contributed by atoms with Crippen LogP contribution in [-0.2, 0) is 10.0 Å². The number of fused-ring (bicyclic) bond motifs is 1. The highest BCUT2D eigenvalue weighted by atomic mass is 32.2. The van der Waals surface area contributed by atoms with Crippen LogP contribution in [0.2, 0.25) is 0 Å². The lowest BCUT2D eigenvalue weighted by molar-refractivity contribution is 0.309. The maximum atomic E-state index is 12.5. The number of aromatic nitrogens is 1. The first-order valence-corrected chi connectivity index (χ1v) is 7.39. The Hall–Kier alpha value is -1.46. The van der Waals surface area contributed by atoms with Crippen molar-refractivity contribution < 1.29 is 8.42 Å². The Balaban J connectivity index is 2.30. The number of hydrogen-bond acceptors (Lipinski definition) is 3. The highest BCUT2D eigenvalue weighted by Gasteiger charge is 2.31. The van der Waals surface area contributed by atoms with Gasteiger partial charge in [-0.1, -0.05) is 6.07 Å². The molecule has 5 heteroatoms. The molecule has 0 atom stereocenters. The SMILES string of the molecule is Cc1ccc2ncccc2c1S(=O)(=O)N1CCC1. The van der Waals surface area contributed by atoms with Gasteiger partial charge in [0.1, 0.15) is 0 Å². The van der Waals surface area contributed by atoms with Crippen molar-refractivity contribution in [3.63, 3.8) is 0 Å². The van der Waals surface area contributed by atoms with Crippen molar-refractivity contribution in [3.05, 3.63) is 36.0 Å². The van der Waals surface area contributed by atoms with Gasteiger partial charge in [0.05, 0.1) is 10.4 Å². The third kappa shape index (κ3) is 1.62. The molecule has 1 aromatic carbocycles.